The summed E-state index contributed by atoms with van der Waals surface area (Å²) in [6.07, 6.45) is 0. The Kier molecular flexibility index (Phi) is 2.46. The van der Waals surface area contributed by atoms with Crippen molar-refractivity contribution in [1.29, 1.82) is 0 Å². The van der Waals surface area contributed by atoms with E-state index in [2.05, 4.69) is 71.0 Å². The first-order valence-electron chi connectivity index (χ1n) is 7.25. The normalized spacial score (nSPS) is 15.5. The van der Waals surface area contributed by atoms with Gasteiger partial charge in [0.15, 0.2) is 5.17 Å². The maximum atomic E-state index is 4.85. The van der Waals surface area contributed by atoms with Gasteiger partial charge < -0.3 is 0 Å². The van der Waals surface area contributed by atoms with Gasteiger partial charge in [-0.05, 0) is 23.1 Å². The molecule has 0 N–H and O–H groups in total. The smallest absolute Gasteiger partial charge is 0.178 e. The Labute approximate surface area is 132 Å². The minimum absolute atomic E-state index is 1.03. The van der Waals surface area contributed by atoms with Crippen molar-refractivity contribution in [3.05, 3.63) is 77.7 Å². The van der Waals surface area contributed by atoms with E-state index in [-0.39, 0.29) is 0 Å². The SMILES string of the molecule is C1=C(c2ccccc2)N2C(=Nc3cccc4cccc2c34)S1. The van der Waals surface area contributed by atoms with Gasteiger partial charge in [0.2, 0.25) is 0 Å². The molecule has 3 aromatic rings. The first-order chi connectivity index (χ1) is 10.9. The van der Waals surface area contributed by atoms with E-state index in [1.54, 1.807) is 11.8 Å². The zero-order valence-corrected chi connectivity index (χ0v) is 12.5. The molecule has 0 saturated carbocycles. The summed E-state index contributed by atoms with van der Waals surface area (Å²) in [5.41, 5.74) is 4.70. The lowest BCUT2D eigenvalue weighted by molar-refractivity contribution is 1.36. The minimum atomic E-state index is 1.03. The van der Waals surface area contributed by atoms with Crippen LogP contribution < -0.4 is 4.90 Å². The summed E-state index contributed by atoms with van der Waals surface area (Å²) >= 11 is 1.69. The average Bonchev–Trinajstić information content (AvgIpc) is 3.00. The monoisotopic (exact) mass is 300 g/mol. The topological polar surface area (TPSA) is 15.6 Å². The van der Waals surface area contributed by atoms with Gasteiger partial charge in [-0.15, -0.1) is 0 Å². The van der Waals surface area contributed by atoms with E-state index in [0.29, 0.717) is 0 Å². The second-order valence-electron chi connectivity index (χ2n) is 5.37. The van der Waals surface area contributed by atoms with Gasteiger partial charge in [-0.2, -0.15) is 0 Å². The summed E-state index contributed by atoms with van der Waals surface area (Å²) in [4.78, 5) is 7.13. The van der Waals surface area contributed by atoms with Crippen LogP contribution in [0.5, 0.6) is 0 Å². The van der Waals surface area contributed by atoms with E-state index < -0.39 is 0 Å². The Morgan fingerprint density at radius 3 is 2.50 bits per heavy atom. The molecule has 0 spiro atoms. The summed E-state index contributed by atoms with van der Waals surface area (Å²) in [5.74, 6) is 0. The highest BCUT2D eigenvalue weighted by Crippen LogP contribution is 2.47. The maximum Gasteiger partial charge on any atom is 0.178 e. The van der Waals surface area contributed by atoms with Crippen LogP contribution in [0.25, 0.3) is 16.5 Å². The van der Waals surface area contributed by atoms with Crippen molar-refractivity contribution in [1.82, 2.24) is 0 Å². The van der Waals surface area contributed by atoms with Crippen LogP contribution in [0.2, 0.25) is 0 Å². The van der Waals surface area contributed by atoms with Crippen molar-refractivity contribution < 1.29 is 0 Å². The molecule has 0 aromatic heterocycles. The highest BCUT2D eigenvalue weighted by molar-refractivity contribution is 8.17. The van der Waals surface area contributed by atoms with Crippen molar-refractivity contribution in [3.8, 4) is 0 Å². The summed E-state index contributed by atoms with van der Waals surface area (Å²) in [7, 11) is 0. The van der Waals surface area contributed by atoms with Crippen LogP contribution in [0.15, 0.2) is 77.1 Å². The van der Waals surface area contributed by atoms with Gasteiger partial charge in [0, 0.05) is 10.8 Å². The van der Waals surface area contributed by atoms with Gasteiger partial charge in [0.05, 0.1) is 17.1 Å². The quantitative estimate of drug-likeness (QED) is 0.598. The Balaban J connectivity index is 1.77. The molecule has 5 rings (SSSR count). The van der Waals surface area contributed by atoms with E-state index in [9.17, 15) is 0 Å². The number of hydrogen-bond donors (Lipinski definition) is 0. The third kappa shape index (κ3) is 1.60. The highest BCUT2D eigenvalue weighted by atomic mass is 32.2. The van der Waals surface area contributed by atoms with Gasteiger partial charge in [0.25, 0.3) is 0 Å². The zero-order chi connectivity index (χ0) is 14.5. The average molecular weight is 300 g/mol. The van der Waals surface area contributed by atoms with Crippen molar-refractivity contribution in [3.63, 3.8) is 0 Å². The van der Waals surface area contributed by atoms with Crippen molar-refractivity contribution >= 4 is 44.8 Å². The number of rotatable bonds is 1. The molecule has 2 nitrogen and oxygen atoms in total. The molecular weight excluding hydrogens is 288 g/mol. The Morgan fingerprint density at radius 1 is 0.818 bits per heavy atom. The van der Waals surface area contributed by atoms with E-state index in [1.165, 1.54) is 27.7 Å². The number of anilines is 1. The molecule has 0 fully saturated rings. The lowest BCUT2D eigenvalue weighted by Gasteiger charge is -2.28. The third-order valence-electron chi connectivity index (χ3n) is 4.10. The van der Waals surface area contributed by atoms with Crippen LogP contribution in [-0.4, -0.2) is 5.17 Å². The lowest BCUT2D eigenvalue weighted by atomic mass is 10.0. The first-order valence-corrected chi connectivity index (χ1v) is 8.12. The molecule has 2 aliphatic rings. The van der Waals surface area contributed by atoms with Crippen LogP contribution in [0.3, 0.4) is 0 Å². The molecule has 3 aromatic carbocycles. The van der Waals surface area contributed by atoms with Crippen LogP contribution in [0.1, 0.15) is 5.56 Å². The fraction of sp³-hybridized carbons (Fsp3) is 0. The minimum Gasteiger partial charge on any atom is -0.287 e. The van der Waals surface area contributed by atoms with Crippen LogP contribution in [0, 0.1) is 0 Å². The fourth-order valence-electron chi connectivity index (χ4n) is 3.12. The number of benzene rings is 3. The molecule has 104 valence electrons. The number of thioether (sulfide) groups is 1. The van der Waals surface area contributed by atoms with Crippen molar-refractivity contribution in [2.45, 2.75) is 0 Å². The number of fused-ring (bicyclic) bond motifs is 2. The molecule has 0 atom stereocenters. The second kappa shape index (κ2) is 4.49. The highest BCUT2D eigenvalue weighted by Gasteiger charge is 2.30. The first kappa shape index (κ1) is 12.1. The predicted octanol–water partition coefficient (Wildman–Crippen LogP) is 5.39. The third-order valence-corrected chi connectivity index (χ3v) is 4.92. The van der Waals surface area contributed by atoms with Gasteiger partial charge in [-0.3, -0.25) is 4.90 Å². The summed E-state index contributed by atoms with van der Waals surface area (Å²) in [5, 5.41) is 5.70. The van der Waals surface area contributed by atoms with E-state index in [4.69, 9.17) is 4.99 Å². The molecule has 0 amide bonds. The molecule has 2 aliphatic heterocycles. The van der Waals surface area contributed by atoms with Crippen molar-refractivity contribution in [2.75, 3.05) is 4.90 Å². The number of aliphatic imine (C=N–C) groups is 1. The number of nitrogens with zero attached hydrogens (tertiary/aromatic N) is 2. The second-order valence-corrected chi connectivity index (χ2v) is 6.21. The summed E-state index contributed by atoms with van der Waals surface area (Å²) in [6.45, 7) is 0. The van der Waals surface area contributed by atoms with Gasteiger partial charge in [-0.1, -0.05) is 66.4 Å². The number of hydrogen-bond acceptors (Lipinski definition) is 3. The van der Waals surface area contributed by atoms with Gasteiger partial charge in [-0.25, -0.2) is 4.99 Å². The maximum absolute atomic E-state index is 4.85. The number of amidine groups is 1. The molecule has 0 saturated heterocycles. The Hall–Kier alpha value is -2.52. The molecule has 22 heavy (non-hydrogen) atoms. The van der Waals surface area contributed by atoms with E-state index in [0.717, 1.165) is 10.9 Å². The summed E-state index contributed by atoms with van der Waals surface area (Å²) < 4.78 is 0. The van der Waals surface area contributed by atoms with Crippen LogP contribution in [-0.2, 0) is 0 Å². The van der Waals surface area contributed by atoms with Crippen LogP contribution in [0.4, 0.5) is 11.4 Å². The Morgan fingerprint density at radius 2 is 1.64 bits per heavy atom. The lowest BCUT2D eigenvalue weighted by Crippen LogP contribution is -2.24. The molecule has 3 heteroatoms. The standard InChI is InChI=1S/C19H12N2S/c1-2-6-13(7-3-1)17-12-22-19-20-15-10-4-8-14-9-5-11-16(18(14)15)21(17)19/h1-12H. The van der Waals surface area contributed by atoms with Crippen molar-refractivity contribution in [2.24, 2.45) is 4.99 Å². The van der Waals surface area contributed by atoms with Gasteiger partial charge in [0.1, 0.15) is 0 Å². The molecular formula is C19H12N2S. The molecule has 2 heterocycles. The fourth-order valence-corrected chi connectivity index (χ4v) is 4.03. The molecule has 0 unspecified atom stereocenters. The molecule has 0 aliphatic carbocycles. The zero-order valence-electron chi connectivity index (χ0n) is 11.7. The predicted molar refractivity (Wildman–Crippen MR) is 95.5 cm³/mol. The van der Waals surface area contributed by atoms with Crippen LogP contribution >= 0.6 is 11.8 Å². The largest absolute Gasteiger partial charge is 0.287 e. The molecule has 0 bridgehead atoms. The summed E-state index contributed by atoms with van der Waals surface area (Å²) in [6, 6.07) is 23.3. The van der Waals surface area contributed by atoms with Gasteiger partial charge >= 0.3 is 0 Å². The van der Waals surface area contributed by atoms with E-state index >= 15 is 0 Å². The Bertz CT molecular complexity index is 952. The molecule has 0 radical (unpaired) electrons. The van der Waals surface area contributed by atoms with E-state index in [1.807, 2.05) is 6.07 Å².